The van der Waals surface area contributed by atoms with E-state index in [0.29, 0.717) is 5.69 Å². The molecule has 0 aliphatic carbocycles. The van der Waals surface area contributed by atoms with Crippen LogP contribution in [0.3, 0.4) is 0 Å². The molecule has 0 amide bonds. The number of hydrogen-bond acceptors (Lipinski definition) is 3. The van der Waals surface area contributed by atoms with Crippen molar-refractivity contribution in [3.8, 4) is 5.69 Å². The van der Waals surface area contributed by atoms with E-state index in [1.807, 2.05) is 54.9 Å². The fraction of sp³-hybridized carbons (Fsp3) is 0. The van der Waals surface area contributed by atoms with Crippen molar-refractivity contribution < 1.29 is 26.5 Å². The van der Waals surface area contributed by atoms with E-state index in [2.05, 4.69) is 0 Å². The molecule has 2 heterocycles. The van der Waals surface area contributed by atoms with Gasteiger partial charge in [0.05, 0.1) is 10.3 Å². The number of fused-ring (bicyclic) bond motifs is 1. The summed E-state index contributed by atoms with van der Waals surface area (Å²) in [5.74, 6) is 0. The van der Waals surface area contributed by atoms with Gasteiger partial charge in [0.15, 0.2) is 12.4 Å². The highest BCUT2D eigenvalue weighted by molar-refractivity contribution is 7.22. The molecule has 0 spiro atoms. The Balaban J connectivity index is 0.00000133. The van der Waals surface area contributed by atoms with Gasteiger partial charge in [0, 0.05) is 16.8 Å². The molecule has 0 saturated carbocycles. The number of benzene rings is 1. The molecular formula is C13H9BrN2O2S. The van der Waals surface area contributed by atoms with Crippen LogP contribution < -0.4 is 21.5 Å². The van der Waals surface area contributed by atoms with E-state index in [1.165, 1.54) is 11.3 Å². The molecule has 0 fully saturated rings. The molecule has 0 saturated heterocycles. The molecule has 0 bridgehead atoms. The number of rotatable bonds is 2. The largest absolute Gasteiger partial charge is 1.00 e. The molecule has 0 radical (unpaired) electrons. The minimum Gasteiger partial charge on any atom is -1.00 e. The summed E-state index contributed by atoms with van der Waals surface area (Å²) in [4.78, 5) is 10.8. The number of halogens is 1. The zero-order valence-electron chi connectivity index (χ0n) is 9.69. The maximum absolute atomic E-state index is 11.2. The van der Waals surface area contributed by atoms with Crippen LogP contribution in [-0.2, 0) is 0 Å². The summed E-state index contributed by atoms with van der Waals surface area (Å²) in [6, 6.07) is 13.2. The third-order valence-electron chi connectivity index (χ3n) is 2.69. The highest BCUT2D eigenvalue weighted by atomic mass is 79.9. The van der Waals surface area contributed by atoms with Gasteiger partial charge in [-0.15, -0.1) is 0 Å². The molecule has 19 heavy (non-hydrogen) atoms. The maximum atomic E-state index is 11.2. The van der Waals surface area contributed by atoms with Crippen molar-refractivity contribution in [2.75, 3.05) is 0 Å². The first-order chi connectivity index (χ1) is 8.77. The molecule has 3 aromatic rings. The predicted octanol–water partition coefficient (Wildman–Crippen LogP) is 0.0902. The second-order valence-electron chi connectivity index (χ2n) is 3.79. The van der Waals surface area contributed by atoms with Crippen LogP contribution in [-0.4, -0.2) is 4.92 Å². The monoisotopic (exact) mass is 336 g/mol. The zero-order chi connectivity index (χ0) is 12.5. The Kier molecular flexibility index (Phi) is 3.92. The van der Waals surface area contributed by atoms with Gasteiger partial charge in [0.2, 0.25) is 0 Å². The number of pyridine rings is 1. The van der Waals surface area contributed by atoms with Gasteiger partial charge < -0.3 is 17.0 Å². The summed E-state index contributed by atoms with van der Waals surface area (Å²) in [5, 5.41) is 12.2. The number of nitrogens with zero attached hydrogens (tertiary/aromatic N) is 2. The Morgan fingerprint density at radius 1 is 1.05 bits per heavy atom. The summed E-state index contributed by atoms with van der Waals surface area (Å²) in [6.07, 6.45) is 3.64. The highest BCUT2D eigenvalue weighted by Crippen LogP contribution is 2.36. The smallest absolute Gasteiger partial charge is 0.396 e. The minimum atomic E-state index is -0.319. The SMILES string of the molecule is O=[N+]([O-])c1sc2ccccc2c1-[n+]1ccccc1.[Br-]. The quantitative estimate of drug-likeness (QED) is 0.378. The fourth-order valence-corrected chi connectivity index (χ4v) is 2.96. The third kappa shape index (κ3) is 2.36. The average Bonchev–Trinajstić information content (AvgIpc) is 2.79. The van der Waals surface area contributed by atoms with E-state index in [9.17, 15) is 10.1 Å². The number of hydrogen-bond donors (Lipinski definition) is 0. The molecule has 96 valence electrons. The van der Waals surface area contributed by atoms with E-state index in [0.717, 1.165) is 10.1 Å². The van der Waals surface area contributed by atoms with E-state index in [1.54, 1.807) is 4.57 Å². The number of nitro groups is 1. The van der Waals surface area contributed by atoms with Crippen molar-refractivity contribution in [3.63, 3.8) is 0 Å². The van der Waals surface area contributed by atoms with E-state index in [4.69, 9.17) is 0 Å². The van der Waals surface area contributed by atoms with Crippen molar-refractivity contribution in [1.82, 2.24) is 0 Å². The lowest BCUT2D eigenvalue weighted by atomic mass is 10.2. The first-order valence-electron chi connectivity index (χ1n) is 5.40. The van der Waals surface area contributed by atoms with Crippen LogP contribution in [0.25, 0.3) is 15.8 Å². The predicted molar refractivity (Wildman–Crippen MR) is 70.0 cm³/mol. The zero-order valence-corrected chi connectivity index (χ0v) is 12.1. The van der Waals surface area contributed by atoms with Crippen LogP contribution in [0.4, 0.5) is 5.00 Å². The highest BCUT2D eigenvalue weighted by Gasteiger charge is 2.28. The van der Waals surface area contributed by atoms with Crippen molar-refractivity contribution >= 4 is 26.4 Å². The first-order valence-corrected chi connectivity index (χ1v) is 6.21. The Morgan fingerprint density at radius 3 is 2.42 bits per heavy atom. The van der Waals surface area contributed by atoms with E-state index >= 15 is 0 Å². The van der Waals surface area contributed by atoms with Crippen LogP contribution in [0, 0.1) is 10.1 Å². The summed E-state index contributed by atoms with van der Waals surface area (Å²) in [5.41, 5.74) is 0.640. The molecular weight excluding hydrogens is 328 g/mol. The molecule has 4 nitrogen and oxygen atoms in total. The van der Waals surface area contributed by atoms with Crippen molar-refractivity contribution in [2.45, 2.75) is 0 Å². The van der Waals surface area contributed by atoms with Gasteiger partial charge in [-0.3, -0.25) is 10.1 Å². The van der Waals surface area contributed by atoms with Gasteiger partial charge in [-0.05, 0) is 12.1 Å². The fourth-order valence-electron chi connectivity index (χ4n) is 1.94. The Morgan fingerprint density at radius 2 is 1.74 bits per heavy atom. The average molecular weight is 337 g/mol. The van der Waals surface area contributed by atoms with Gasteiger partial charge >= 0.3 is 10.7 Å². The van der Waals surface area contributed by atoms with Crippen LogP contribution in [0.2, 0.25) is 0 Å². The Bertz CT molecular complexity index is 728. The van der Waals surface area contributed by atoms with E-state index < -0.39 is 0 Å². The normalized spacial score (nSPS) is 10.1. The lowest BCUT2D eigenvalue weighted by Gasteiger charge is -1.93. The Labute approximate surface area is 123 Å². The molecule has 0 aliphatic rings. The van der Waals surface area contributed by atoms with Gasteiger partial charge in [0.1, 0.15) is 0 Å². The summed E-state index contributed by atoms with van der Waals surface area (Å²) < 4.78 is 2.72. The van der Waals surface area contributed by atoms with Crippen molar-refractivity contribution in [2.24, 2.45) is 0 Å². The number of aromatic nitrogens is 1. The van der Waals surface area contributed by atoms with Crippen LogP contribution in [0.5, 0.6) is 0 Å². The molecule has 0 unspecified atom stereocenters. The second kappa shape index (κ2) is 5.46. The number of thiophene rings is 1. The molecule has 0 N–H and O–H groups in total. The van der Waals surface area contributed by atoms with Crippen molar-refractivity contribution in [3.05, 3.63) is 65.0 Å². The minimum absolute atomic E-state index is 0. The molecule has 6 heteroatoms. The first kappa shape index (κ1) is 13.6. The molecule has 3 rings (SSSR count). The Hall–Kier alpha value is -1.79. The molecule has 0 atom stereocenters. The lowest BCUT2D eigenvalue weighted by molar-refractivity contribution is -0.598. The van der Waals surface area contributed by atoms with Gasteiger partial charge in [0.25, 0.3) is 0 Å². The second-order valence-corrected chi connectivity index (χ2v) is 4.82. The molecule has 2 aromatic heterocycles. The lowest BCUT2D eigenvalue weighted by Crippen LogP contribution is -3.00. The molecule has 0 aliphatic heterocycles. The summed E-state index contributed by atoms with van der Waals surface area (Å²) in [6.45, 7) is 0. The topological polar surface area (TPSA) is 47.0 Å². The van der Waals surface area contributed by atoms with Crippen LogP contribution in [0.1, 0.15) is 0 Å². The van der Waals surface area contributed by atoms with Gasteiger partial charge in [-0.2, -0.15) is 4.57 Å². The van der Waals surface area contributed by atoms with Crippen LogP contribution in [0.15, 0.2) is 54.9 Å². The standard InChI is InChI=1S/C13H9N2O2S.BrH/c16-15(17)13-12(14-8-4-1-5-9-14)10-6-2-3-7-11(10)18-13;/h1-9H;1H/q+1;/p-1. The maximum Gasteiger partial charge on any atom is 0.396 e. The van der Waals surface area contributed by atoms with Gasteiger partial charge in [-0.25, -0.2) is 0 Å². The van der Waals surface area contributed by atoms with Crippen molar-refractivity contribution in [1.29, 1.82) is 0 Å². The molecule has 1 aromatic carbocycles. The summed E-state index contributed by atoms with van der Waals surface area (Å²) >= 11 is 1.21. The summed E-state index contributed by atoms with van der Waals surface area (Å²) in [7, 11) is 0. The van der Waals surface area contributed by atoms with Gasteiger partial charge in [-0.1, -0.05) is 29.5 Å². The third-order valence-corrected chi connectivity index (χ3v) is 3.80. The van der Waals surface area contributed by atoms with Crippen LogP contribution >= 0.6 is 11.3 Å². The van der Waals surface area contributed by atoms with E-state index in [-0.39, 0.29) is 26.9 Å².